The number of rotatable bonds is 4. The summed E-state index contributed by atoms with van der Waals surface area (Å²) in [6, 6.07) is 79.7. The van der Waals surface area contributed by atoms with E-state index in [-0.39, 0.29) is 0 Å². The maximum Gasteiger partial charge on any atom is 0.0546 e. The second-order valence-electron chi connectivity index (χ2n) is 14.5. The van der Waals surface area contributed by atoms with Crippen LogP contribution >= 0.6 is 0 Å². The van der Waals surface area contributed by atoms with Gasteiger partial charge in [-0.2, -0.15) is 0 Å². The van der Waals surface area contributed by atoms with Crippen molar-refractivity contribution in [2.75, 3.05) is 9.80 Å². The summed E-state index contributed by atoms with van der Waals surface area (Å²) in [6.45, 7) is 0. The molecule has 2 aliphatic heterocycles. The van der Waals surface area contributed by atoms with Crippen molar-refractivity contribution in [3.8, 4) is 66.8 Å². The summed E-state index contributed by atoms with van der Waals surface area (Å²) >= 11 is 0. The molecule has 0 atom stereocenters. The predicted molar refractivity (Wildman–Crippen MR) is 236 cm³/mol. The Morgan fingerprint density at radius 2 is 0.607 bits per heavy atom. The lowest BCUT2D eigenvalue weighted by molar-refractivity contribution is 1.29. The monoisotopic (exact) mass is 712 g/mol. The highest BCUT2D eigenvalue weighted by atomic mass is 15.2. The van der Waals surface area contributed by atoms with Gasteiger partial charge in [0, 0.05) is 33.6 Å². The van der Waals surface area contributed by atoms with Gasteiger partial charge in [0.1, 0.15) is 0 Å². The molecule has 0 saturated heterocycles. The fourth-order valence-corrected chi connectivity index (χ4v) is 8.80. The second kappa shape index (κ2) is 13.2. The second-order valence-corrected chi connectivity index (χ2v) is 14.5. The normalized spacial score (nSPS) is 12.2. The fourth-order valence-electron chi connectivity index (χ4n) is 8.80. The lowest BCUT2D eigenvalue weighted by Gasteiger charge is -2.28. The van der Waals surface area contributed by atoms with Gasteiger partial charge in [0.05, 0.1) is 22.7 Å². The van der Waals surface area contributed by atoms with Gasteiger partial charge in [-0.1, -0.05) is 164 Å². The Morgan fingerprint density at radius 3 is 1.25 bits per heavy atom. The molecule has 0 spiro atoms. The number of hydrogen-bond donors (Lipinski definition) is 0. The minimum Gasteiger partial charge on any atom is -0.309 e. The third kappa shape index (κ3) is 5.19. The first kappa shape index (κ1) is 32.0. The van der Waals surface area contributed by atoms with Gasteiger partial charge in [-0.05, 0) is 99.1 Å². The lowest BCUT2D eigenvalue weighted by Crippen LogP contribution is -2.11. The average molecular weight is 713 g/mol. The van der Waals surface area contributed by atoms with Gasteiger partial charge in [0.2, 0.25) is 0 Å². The molecular weight excluding hydrogens is 677 g/mol. The molecule has 0 N–H and O–H groups in total. The van der Waals surface area contributed by atoms with Crippen LogP contribution in [-0.4, -0.2) is 0 Å². The van der Waals surface area contributed by atoms with E-state index in [2.05, 4.69) is 228 Å². The van der Waals surface area contributed by atoms with Crippen LogP contribution in [0.3, 0.4) is 0 Å². The molecule has 2 aliphatic rings. The number of hydrogen-bond acceptors (Lipinski definition) is 2. The maximum absolute atomic E-state index is 2.45. The van der Waals surface area contributed by atoms with Crippen LogP contribution in [0, 0.1) is 0 Å². The van der Waals surface area contributed by atoms with Gasteiger partial charge in [0.25, 0.3) is 0 Å². The van der Waals surface area contributed by atoms with Gasteiger partial charge < -0.3 is 9.80 Å². The van der Waals surface area contributed by atoms with Gasteiger partial charge in [-0.15, -0.1) is 0 Å². The van der Waals surface area contributed by atoms with Gasteiger partial charge in [0.15, 0.2) is 0 Å². The van der Waals surface area contributed by atoms with Crippen molar-refractivity contribution < 1.29 is 0 Å². The summed E-state index contributed by atoms with van der Waals surface area (Å²) in [6.07, 6.45) is 0. The Labute approximate surface area is 327 Å². The van der Waals surface area contributed by atoms with E-state index in [4.69, 9.17) is 0 Å². The number of para-hydroxylation sites is 3. The third-order valence-corrected chi connectivity index (χ3v) is 11.3. The SMILES string of the molecule is c1ccc(-c2cccc(N3c4ccccc4-c4ccccc4-c4cc(-c5ccc6c(c5)N(c5ccccc5)c5ccccc5-c5ccccc5-6)ccc43)c2)cc1. The van der Waals surface area contributed by atoms with E-state index < -0.39 is 0 Å². The van der Waals surface area contributed by atoms with Crippen molar-refractivity contribution in [3.05, 3.63) is 218 Å². The Hall–Kier alpha value is -7.42. The summed E-state index contributed by atoms with van der Waals surface area (Å²) in [4.78, 5) is 4.88. The maximum atomic E-state index is 2.45. The van der Waals surface area contributed by atoms with Crippen LogP contribution in [0.2, 0.25) is 0 Å². The molecule has 0 aliphatic carbocycles. The average Bonchev–Trinajstić information content (AvgIpc) is 3.48. The van der Waals surface area contributed by atoms with Crippen molar-refractivity contribution in [1.29, 1.82) is 0 Å². The quantitative estimate of drug-likeness (QED) is 0.179. The zero-order valence-electron chi connectivity index (χ0n) is 30.7. The molecule has 9 aromatic rings. The smallest absolute Gasteiger partial charge is 0.0546 e. The van der Waals surface area contributed by atoms with Crippen LogP contribution in [0.5, 0.6) is 0 Å². The summed E-state index contributed by atoms with van der Waals surface area (Å²) in [5, 5.41) is 0. The molecule has 262 valence electrons. The first-order valence-corrected chi connectivity index (χ1v) is 19.3. The van der Waals surface area contributed by atoms with Gasteiger partial charge in [-0.25, -0.2) is 0 Å². The number of benzene rings is 9. The highest BCUT2D eigenvalue weighted by Gasteiger charge is 2.29. The first-order valence-electron chi connectivity index (χ1n) is 19.3. The first-order chi connectivity index (χ1) is 27.8. The van der Waals surface area contributed by atoms with Gasteiger partial charge >= 0.3 is 0 Å². The predicted octanol–water partition coefficient (Wildman–Crippen LogP) is 15.3. The molecule has 0 saturated carbocycles. The number of nitrogens with zero attached hydrogens (tertiary/aromatic N) is 2. The Bertz CT molecular complexity index is 2930. The molecule has 11 rings (SSSR count). The van der Waals surface area contributed by atoms with Crippen LogP contribution < -0.4 is 9.80 Å². The summed E-state index contributed by atoms with van der Waals surface area (Å²) in [5.41, 5.74) is 21.4. The van der Waals surface area contributed by atoms with Crippen molar-refractivity contribution in [2.45, 2.75) is 0 Å². The molecule has 0 aromatic heterocycles. The topological polar surface area (TPSA) is 6.48 Å². The van der Waals surface area contributed by atoms with E-state index in [0.29, 0.717) is 0 Å². The summed E-state index contributed by atoms with van der Waals surface area (Å²) in [7, 11) is 0. The Balaban J connectivity index is 1.13. The molecule has 2 nitrogen and oxygen atoms in total. The summed E-state index contributed by atoms with van der Waals surface area (Å²) < 4.78 is 0. The van der Waals surface area contributed by atoms with E-state index >= 15 is 0 Å². The molecule has 9 aromatic carbocycles. The zero-order chi connectivity index (χ0) is 37.0. The molecule has 0 radical (unpaired) electrons. The van der Waals surface area contributed by atoms with E-state index in [1.807, 2.05) is 0 Å². The zero-order valence-corrected chi connectivity index (χ0v) is 30.7. The third-order valence-electron chi connectivity index (χ3n) is 11.3. The van der Waals surface area contributed by atoms with Crippen LogP contribution in [0.4, 0.5) is 34.1 Å². The standard InChI is InChI=1S/C54H36N2/c1-3-16-37(17-4-1)38-18-15-21-42(34-38)56-52-29-14-12-27-48(52)45-24-9-10-25-46(45)50-35-39(31-33-53(50)56)40-30-32-49-44-23-8-7-22-43(44)47-26-11-13-28-51(47)55(54(49)36-40)41-19-5-2-6-20-41/h1-36H. The molecular formula is C54H36N2. The van der Waals surface area contributed by atoms with Crippen molar-refractivity contribution in [1.82, 2.24) is 0 Å². The molecule has 2 heteroatoms. The van der Waals surface area contributed by atoms with Crippen LogP contribution in [0.1, 0.15) is 0 Å². The van der Waals surface area contributed by atoms with Gasteiger partial charge in [-0.3, -0.25) is 0 Å². The molecule has 2 heterocycles. The highest BCUT2D eigenvalue weighted by molar-refractivity contribution is 6.05. The Morgan fingerprint density at radius 1 is 0.196 bits per heavy atom. The van der Waals surface area contributed by atoms with Crippen molar-refractivity contribution in [2.24, 2.45) is 0 Å². The number of fused-ring (bicyclic) bond motifs is 10. The largest absolute Gasteiger partial charge is 0.309 e. The molecule has 0 unspecified atom stereocenters. The fraction of sp³-hybridized carbons (Fsp3) is 0. The molecule has 56 heavy (non-hydrogen) atoms. The van der Waals surface area contributed by atoms with E-state index in [0.717, 1.165) is 28.4 Å². The minimum absolute atomic E-state index is 1.13. The van der Waals surface area contributed by atoms with Crippen LogP contribution in [0.15, 0.2) is 218 Å². The minimum atomic E-state index is 1.13. The van der Waals surface area contributed by atoms with E-state index in [1.165, 1.54) is 72.4 Å². The highest BCUT2D eigenvalue weighted by Crippen LogP contribution is 2.54. The lowest BCUT2D eigenvalue weighted by atomic mass is 9.91. The van der Waals surface area contributed by atoms with Crippen molar-refractivity contribution >= 4 is 34.1 Å². The number of anilines is 6. The molecule has 0 bridgehead atoms. The summed E-state index contributed by atoms with van der Waals surface area (Å²) in [5.74, 6) is 0. The molecule has 0 amide bonds. The van der Waals surface area contributed by atoms with E-state index in [9.17, 15) is 0 Å². The van der Waals surface area contributed by atoms with Crippen LogP contribution in [-0.2, 0) is 0 Å². The Kier molecular flexibility index (Phi) is 7.53. The van der Waals surface area contributed by atoms with Crippen LogP contribution in [0.25, 0.3) is 66.8 Å². The van der Waals surface area contributed by atoms with Crippen molar-refractivity contribution in [3.63, 3.8) is 0 Å². The van der Waals surface area contributed by atoms with E-state index in [1.54, 1.807) is 0 Å². The molecule has 0 fully saturated rings.